The Morgan fingerprint density at radius 1 is 1.53 bits per heavy atom. The zero-order valence-corrected chi connectivity index (χ0v) is 9.50. The first-order chi connectivity index (χ1) is 7.22. The first-order valence-corrected chi connectivity index (χ1v) is 5.45. The lowest BCUT2D eigenvalue weighted by Crippen LogP contribution is -2.03. The van der Waals surface area contributed by atoms with Crippen molar-refractivity contribution in [2.45, 2.75) is 0 Å². The summed E-state index contributed by atoms with van der Waals surface area (Å²) in [6.45, 7) is 0. The van der Waals surface area contributed by atoms with Gasteiger partial charge in [0.05, 0.1) is 17.7 Å². The van der Waals surface area contributed by atoms with Crippen LogP contribution in [0, 0.1) is 4.77 Å². The second kappa shape index (κ2) is 4.00. The average Bonchev–Trinajstić information content (AvgIpc) is 2.84. The van der Waals surface area contributed by atoms with Gasteiger partial charge >= 0.3 is 5.97 Å². The lowest BCUT2D eigenvalue weighted by molar-refractivity contribution is 0.0595. The molecule has 2 N–H and O–H groups in total. The molecule has 6 heteroatoms. The highest BCUT2D eigenvalue weighted by Crippen LogP contribution is 2.25. The van der Waals surface area contributed by atoms with Gasteiger partial charge < -0.3 is 14.7 Å². The number of rotatable bonds is 2. The van der Waals surface area contributed by atoms with E-state index in [9.17, 15) is 4.79 Å². The van der Waals surface area contributed by atoms with E-state index in [0.29, 0.717) is 16.2 Å². The minimum absolute atomic E-state index is 0.366. The second-order valence-corrected chi connectivity index (χ2v) is 4.15. The lowest BCUT2D eigenvalue weighted by atomic mass is 10.3. The number of ether oxygens (including phenoxy) is 1. The third kappa shape index (κ3) is 1.86. The number of thiophene rings is 1. The number of carbonyl (C=O) groups is 1. The summed E-state index contributed by atoms with van der Waals surface area (Å²) in [5.74, 6) is -0.425. The Balaban J connectivity index is 2.57. The van der Waals surface area contributed by atoms with Crippen LogP contribution < -0.4 is 0 Å². The Morgan fingerprint density at radius 2 is 2.33 bits per heavy atom. The largest absolute Gasteiger partial charge is 0.464 e. The van der Waals surface area contributed by atoms with Gasteiger partial charge in [0.15, 0.2) is 10.5 Å². The topological polar surface area (TPSA) is 57.9 Å². The molecule has 2 aromatic heterocycles. The highest BCUT2D eigenvalue weighted by atomic mass is 32.1. The molecular formula is C9H8N2O2S2. The number of hydrogen-bond acceptors (Lipinski definition) is 4. The van der Waals surface area contributed by atoms with Gasteiger partial charge in [0.25, 0.3) is 0 Å². The summed E-state index contributed by atoms with van der Waals surface area (Å²) in [7, 11) is 1.34. The summed E-state index contributed by atoms with van der Waals surface area (Å²) in [6.07, 6.45) is 0. The van der Waals surface area contributed by atoms with E-state index >= 15 is 0 Å². The standard InChI is InChI=1S/C9H8N2O2S2/c1-13-8(12)7-6(10-9(14)11-7)5-3-2-4-15-5/h2-4H,1H3,(H2,10,11,14). The van der Waals surface area contributed by atoms with Crippen LogP contribution in [-0.4, -0.2) is 23.0 Å². The third-order valence-electron chi connectivity index (χ3n) is 1.88. The van der Waals surface area contributed by atoms with Gasteiger partial charge in [-0.15, -0.1) is 11.3 Å². The third-order valence-corrected chi connectivity index (χ3v) is 2.98. The fourth-order valence-electron chi connectivity index (χ4n) is 1.24. The fourth-order valence-corrected chi connectivity index (χ4v) is 2.18. The zero-order chi connectivity index (χ0) is 10.8. The molecule has 0 aliphatic rings. The number of esters is 1. The van der Waals surface area contributed by atoms with E-state index in [2.05, 4.69) is 14.7 Å². The molecule has 0 saturated carbocycles. The molecule has 0 unspecified atom stereocenters. The smallest absolute Gasteiger partial charge is 0.356 e. The summed E-state index contributed by atoms with van der Waals surface area (Å²) in [4.78, 5) is 18.1. The minimum Gasteiger partial charge on any atom is -0.464 e. The molecule has 0 saturated heterocycles. The predicted octanol–water partition coefficient (Wildman–Crippen LogP) is 2.59. The van der Waals surface area contributed by atoms with E-state index in [1.165, 1.54) is 18.4 Å². The maximum Gasteiger partial charge on any atom is 0.356 e. The fraction of sp³-hybridized carbons (Fsp3) is 0.111. The number of nitrogens with one attached hydrogen (secondary N) is 2. The number of hydrogen-bond donors (Lipinski definition) is 2. The van der Waals surface area contributed by atoms with Gasteiger partial charge in [-0.1, -0.05) is 6.07 Å². The van der Waals surface area contributed by atoms with Crippen LogP contribution in [0.1, 0.15) is 10.5 Å². The quantitative estimate of drug-likeness (QED) is 0.626. The van der Waals surface area contributed by atoms with E-state index in [0.717, 1.165) is 4.88 Å². The Labute approximate surface area is 94.9 Å². The summed E-state index contributed by atoms with van der Waals surface area (Å²) in [5, 5.41) is 1.93. The molecule has 0 aliphatic carbocycles. The maximum absolute atomic E-state index is 11.4. The average molecular weight is 240 g/mol. The number of imidazole rings is 1. The lowest BCUT2D eigenvalue weighted by Gasteiger charge is -1.98. The van der Waals surface area contributed by atoms with Gasteiger partial charge in [-0.25, -0.2) is 4.79 Å². The molecule has 2 heterocycles. The number of H-pyrrole nitrogens is 2. The summed E-state index contributed by atoms with van der Waals surface area (Å²) in [5.41, 5.74) is 1.05. The first-order valence-electron chi connectivity index (χ1n) is 4.17. The van der Waals surface area contributed by atoms with Crippen LogP contribution in [-0.2, 0) is 4.74 Å². The van der Waals surface area contributed by atoms with Gasteiger partial charge in [0.1, 0.15) is 0 Å². The van der Waals surface area contributed by atoms with Crippen molar-refractivity contribution >= 4 is 29.5 Å². The minimum atomic E-state index is -0.425. The highest BCUT2D eigenvalue weighted by molar-refractivity contribution is 7.71. The summed E-state index contributed by atoms with van der Waals surface area (Å²) >= 11 is 6.47. The number of aromatic amines is 2. The Bertz CT molecular complexity index is 525. The van der Waals surface area contributed by atoms with Crippen LogP contribution in [0.4, 0.5) is 0 Å². The van der Waals surface area contributed by atoms with Crippen LogP contribution >= 0.6 is 23.6 Å². The molecule has 0 aliphatic heterocycles. The van der Waals surface area contributed by atoms with E-state index in [1.54, 1.807) is 0 Å². The molecule has 0 atom stereocenters. The molecule has 78 valence electrons. The molecule has 0 radical (unpaired) electrons. The van der Waals surface area contributed by atoms with Crippen molar-refractivity contribution in [2.75, 3.05) is 7.11 Å². The molecule has 0 amide bonds. The van der Waals surface area contributed by atoms with Crippen LogP contribution in [0.2, 0.25) is 0 Å². The van der Waals surface area contributed by atoms with Crippen molar-refractivity contribution in [3.8, 4) is 10.6 Å². The Kier molecular flexibility index (Phi) is 2.70. The Hall–Kier alpha value is -1.40. The van der Waals surface area contributed by atoms with Crippen molar-refractivity contribution in [2.24, 2.45) is 0 Å². The monoisotopic (exact) mass is 240 g/mol. The van der Waals surface area contributed by atoms with Crippen molar-refractivity contribution in [1.82, 2.24) is 9.97 Å². The molecule has 0 bridgehead atoms. The summed E-state index contributed by atoms with van der Waals surface area (Å²) in [6, 6.07) is 3.82. The van der Waals surface area contributed by atoms with Gasteiger partial charge in [0.2, 0.25) is 0 Å². The molecule has 4 nitrogen and oxygen atoms in total. The number of carbonyl (C=O) groups excluding carboxylic acids is 1. The number of aromatic nitrogens is 2. The molecular weight excluding hydrogens is 232 g/mol. The molecule has 0 fully saturated rings. The van der Waals surface area contributed by atoms with Crippen molar-refractivity contribution in [3.63, 3.8) is 0 Å². The first kappa shape index (κ1) is 10.1. The zero-order valence-electron chi connectivity index (χ0n) is 7.87. The normalized spacial score (nSPS) is 10.2. The van der Waals surface area contributed by atoms with Crippen LogP contribution in [0.25, 0.3) is 10.6 Å². The van der Waals surface area contributed by atoms with E-state index in [4.69, 9.17) is 12.2 Å². The molecule has 2 aromatic rings. The van der Waals surface area contributed by atoms with Crippen molar-refractivity contribution in [1.29, 1.82) is 0 Å². The molecule has 0 aromatic carbocycles. The van der Waals surface area contributed by atoms with Gasteiger partial charge in [-0.3, -0.25) is 0 Å². The predicted molar refractivity (Wildman–Crippen MR) is 60.6 cm³/mol. The van der Waals surface area contributed by atoms with E-state index in [-0.39, 0.29) is 0 Å². The van der Waals surface area contributed by atoms with E-state index in [1.807, 2.05) is 17.5 Å². The van der Waals surface area contributed by atoms with Gasteiger partial charge in [-0.05, 0) is 23.7 Å². The molecule has 0 spiro atoms. The maximum atomic E-state index is 11.4. The van der Waals surface area contributed by atoms with Crippen LogP contribution in [0.3, 0.4) is 0 Å². The van der Waals surface area contributed by atoms with Gasteiger partial charge in [-0.2, -0.15) is 0 Å². The number of methoxy groups -OCH3 is 1. The van der Waals surface area contributed by atoms with Crippen molar-refractivity contribution < 1.29 is 9.53 Å². The highest BCUT2D eigenvalue weighted by Gasteiger charge is 2.16. The van der Waals surface area contributed by atoms with Gasteiger partial charge in [0, 0.05) is 0 Å². The molecule has 2 rings (SSSR count). The SMILES string of the molecule is COC(=O)c1[nH]c(=S)[nH]c1-c1cccs1. The van der Waals surface area contributed by atoms with Crippen molar-refractivity contribution in [3.05, 3.63) is 28.0 Å². The van der Waals surface area contributed by atoms with Crippen LogP contribution in [0.15, 0.2) is 17.5 Å². The summed E-state index contributed by atoms with van der Waals surface area (Å²) < 4.78 is 5.07. The van der Waals surface area contributed by atoms with E-state index < -0.39 is 5.97 Å². The second-order valence-electron chi connectivity index (χ2n) is 2.80. The molecule has 15 heavy (non-hydrogen) atoms. The Morgan fingerprint density at radius 3 is 2.93 bits per heavy atom. The van der Waals surface area contributed by atoms with Crippen LogP contribution in [0.5, 0.6) is 0 Å².